The van der Waals surface area contributed by atoms with Crippen molar-refractivity contribution in [1.29, 1.82) is 0 Å². The minimum Gasteiger partial charge on any atom is -0.389 e. The van der Waals surface area contributed by atoms with Crippen LogP contribution in [0.15, 0.2) is 18.3 Å². The van der Waals surface area contributed by atoms with Gasteiger partial charge in [0.15, 0.2) is 0 Å². The summed E-state index contributed by atoms with van der Waals surface area (Å²) in [6.07, 6.45) is 3.68. The third-order valence-electron chi connectivity index (χ3n) is 3.43. The highest BCUT2D eigenvalue weighted by molar-refractivity contribution is 5.38. The first-order valence-electron chi connectivity index (χ1n) is 6.59. The van der Waals surface area contributed by atoms with E-state index in [0.29, 0.717) is 5.92 Å². The molecule has 2 unspecified atom stereocenters. The molecule has 1 aliphatic heterocycles. The summed E-state index contributed by atoms with van der Waals surface area (Å²) in [5.74, 6) is 1.55. The van der Waals surface area contributed by atoms with Crippen LogP contribution in [0.25, 0.3) is 0 Å². The van der Waals surface area contributed by atoms with Crippen LogP contribution in [0.4, 0.5) is 5.82 Å². The van der Waals surface area contributed by atoms with Crippen LogP contribution in [0.5, 0.6) is 0 Å². The lowest BCUT2D eigenvalue weighted by molar-refractivity contribution is 0.0576. The van der Waals surface area contributed by atoms with Crippen LogP contribution in [0.2, 0.25) is 0 Å². The van der Waals surface area contributed by atoms with E-state index in [0.717, 1.165) is 37.6 Å². The Morgan fingerprint density at radius 2 is 2.39 bits per heavy atom. The Labute approximate surface area is 109 Å². The zero-order valence-electron chi connectivity index (χ0n) is 11.2. The minimum atomic E-state index is -0.455. The summed E-state index contributed by atoms with van der Waals surface area (Å²) >= 11 is 0. The average molecular weight is 250 g/mol. The summed E-state index contributed by atoms with van der Waals surface area (Å²) in [6.45, 7) is 4.48. The summed E-state index contributed by atoms with van der Waals surface area (Å²) in [5.41, 5.74) is 0.855. The van der Waals surface area contributed by atoms with Gasteiger partial charge in [-0.25, -0.2) is 4.98 Å². The second-order valence-electron chi connectivity index (χ2n) is 5.09. The molecule has 1 aromatic rings. The zero-order valence-corrected chi connectivity index (χ0v) is 11.2. The molecule has 0 aliphatic carbocycles. The fourth-order valence-electron chi connectivity index (χ4n) is 2.30. The van der Waals surface area contributed by atoms with Gasteiger partial charge in [0.2, 0.25) is 0 Å². The molecule has 0 aromatic carbocycles. The summed E-state index contributed by atoms with van der Waals surface area (Å²) in [5, 5.41) is 9.44. The van der Waals surface area contributed by atoms with Crippen molar-refractivity contribution in [2.45, 2.75) is 25.9 Å². The Kier molecular flexibility index (Phi) is 4.55. The van der Waals surface area contributed by atoms with Crippen LogP contribution in [0.3, 0.4) is 0 Å². The van der Waals surface area contributed by atoms with Crippen LogP contribution < -0.4 is 4.90 Å². The Morgan fingerprint density at radius 3 is 2.94 bits per heavy atom. The van der Waals surface area contributed by atoms with Gasteiger partial charge in [-0.1, -0.05) is 6.07 Å². The maximum absolute atomic E-state index is 9.44. The van der Waals surface area contributed by atoms with Crippen molar-refractivity contribution in [3.63, 3.8) is 0 Å². The number of ether oxygens (including phenoxy) is 1. The maximum atomic E-state index is 9.44. The van der Waals surface area contributed by atoms with Crippen LogP contribution in [0, 0.1) is 5.92 Å². The number of rotatable bonds is 4. The van der Waals surface area contributed by atoms with E-state index in [2.05, 4.69) is 16.9 Å². The van der Waals surface area contributed by atoms with Crippen molar-refractivity contribution >= 4 is 5.82 Å². The van der Waals surface area contributed by atoms with Crippen molar-refractivity contribution in [3.05, 3.63) is 23.9 Å². The van der Waals surface area contributed by atoms with E-state index in [1.807, 2.05) is 12.1 Å². The van der Waals surface area contributed by atoms with Gasteiger partial charge in [-0.2, -0.15) is 0 Å². The van der Waals surface area contributed by atoms with Crippen LogP contribution >= 0.6 is 0 Å². The summed E-state index contributed by atoms with van der Waals surface area (Å²) in [7, 11) is 2.05. The SMILES string of the molecule is CC(O)c1ccc(N(C)CC2CCCOC2)nc1. The first-order valence-corrected chi connectivity index (χ1v) is 6.59. The number of hydrogen-bond donors (Lipinski definition) is 1. The van der Waals surface area contributed by atoms with E-state index >= 15 is 0 Å². The molecule has 2 heterocycles. The Bertz CT molecular complexity index is 359. The number of nitrogens with zero attached hydrogens (tertiary/aromatic N) is 2. The van der Waals surface area contributed by atoms with Gasteiger partial charge in [0, 0.05) is 26.4 Å². The molecular weight excluding hydrogens is 228 g/mol. The zero-order chi connectivity index (χ0) is 13.0. The number of pyridine rings is 1. The number of aliphatic hydroxyl groups excluding tert-OH is 1. The van der Waals surface area contributed by atoms with E-state index in [1.165, 1.54) is 6.42 Å². The normalized spacial score (nSPS) is 21.6. The highest BCUT2D eigenvalue weighted by Crippen LogP contribution is 2.19. The molecule has 0 spiro atoms. The second-order valence-corrected chi connectivity index (χ2v) is 5.09. The van der Waals surface area contributed by atoms with Crippen LogP contribution in [-0.4, -0.2) is 36.9 Å². The molecule has 0 amide bonds. The molecule has 1 aromatic heterocycles. The minimum absolute atomic E-state index is 0.455. The Morgan fingerprint density at radius 1 is 1.56 bits per heavy atom. The van der Waals surface area contributed by atoms with Crippen molar-refractivity contribution in [2.75, 3.05) is 31.7 Å². The summed E-state index contributed by atoms with van der Waals surface area (Å²) in [4.78, 5) is 6.55. The van der Waals surface area contributed by atoms with Gasteiger partial charge in [-0.3, -0.25) is 0 Å². The molecule has 18 heavy (non-hydrogen) atoms. The predicted octanol–water partition coefficient (Wildman–Crippen LogP) is 2.00. The van der Waals surface area contributed by atoms with E-state index < -0.39 is 6.10 Å². The molecule has 0 bridgehead atoms. The van der Waals surface area contributed by atoms with Crippen molar-refractivity contribution < 1.29 is 9.84 Å². The van der Waals surface area contributed by atoms with Gasteiger partial charge in [0.25, 0.3) is 0 Å². The van der Waals surface area contributed by atoms with Crippen molar-refractivity contribution in [1.82, 2.24) is 4.98 Å². The maximum Gasteiger partial charge on any atom is 0.128 e. The number of anilines is 1. The van der Waals surface area contributed by atoms with Gasteiger partial charge >= 0.3 is 0 Å². The quantitative estimate of drug-likeness (QED) is 0.887. The number of hydrogen-bond acceptors (Lipinski definition) is 4. The molecule has 1 saturated heterocycles. The third-order valence-corrected chi connectivity index (χ3v) is 3.43. The molecule has 4 heteroatoms. The first-order chi connectivity index (χ1) is 8.66. The molecule has 1 aliphatic rings. The number of aromatic nitrogens is 1. The molecule has 2 atom stereocenters. The fourth-order valence-corrected chi connectivity index (χ4v) is 2.30. The van der Waals surface area contributed by atoms with Gasteiger partial charge in [-0.15, -0.1) is 0 Å². The molecule has 4 nitrogen and oxygen atoms in total. The fraction of sp³-hybridized carbons (Fsp3) is 0.643. The highest BCUT2D eigenvalue weighted by Gasteiger charge is 2.16. The Hall–Kier alpha value is -1.13. The lowest BCUT2D eigenvalue weighted by Gasteiger charge is -2.27. The standard InChI is InChI=1S/C14H22N2O2/c1-11(17)13-5-6-14(15-8-13)16(2)9-12-4-3-7-18-10-12/h5-6,8,11-12,17H,3-4,7,9-10H2,1-2H3. The van der Waals surface area contributed by atoms with E-state index in [-0.39, 0.29) is 0 Å². The third kappa shape index (κ3) is 3.43. The largest absolute Gasteiger partial charge is 0.389 e. The topological polar surface area (TPSA) is 45.6 Å². The molecule has 100 valence electrons. The number of aliphatic hydroxyl groups is 1. The van der Waals surface area contributed by atoms with E-state index in [9.17, 15) is 5.11 Å². The van der Waals surface area contributed by atoms with Gasteiger partial charge in [-0.05, 0) is 37.3 Å². The van der Waals surface area contributed by atoms with Crippen molar-refractivity contribution in [2.24, 2.45) is 5.92 Å². The first kappa shape index (κ1) is 13.3. The second kappa shape index (κ2) is 6.16. The molecule has 2 rings (SSSR count). The molecule has 0 saturated carbocycles. The lowest BCUT2D eigenvalue weighted by Crippen LogP contribution is -2.31. The van der Waals surface area contributed by atoms with E-state index in [4.69, 9.17) is 4.74 Å². The van der Waals surface area contributed by atoms with E-state index in [1.54, 1.807) is 13.1 Å². The predicted molar refractivity (Wildman–Crippen MR) is 71.7 cm³/mol. The molecule has 1 fully saturated rings. The van der Waals surface area contributed by atoms with Crippen LogP contribution in [0.1, 0.15) is 31.4 Å². The summed E-state index contributed by atoms with van der Waals surface area (Å²) in [6, 6.07) is 3.90. The molecule has 1 N–H and O–H groups in total. The lowest BCUT2D eigenvalue weighted by atomic mass is 10.0. The molecular formula is C14H22N2O2. The smallest absolute Gasteiger partial charge is 0.128 e. The van der Waals surface area contributed by atoms with Crippen LogP contribution in [-0.2, 0) is 4.74 Å². The van der Waals surface area contributed by atoms with Gasteiger partial charge in [0.1, 0.15) is 5.82 Å². The Balaban J connectivity index is 1.93. The molecule has 0 radical (unpaired) electrons. The monoisotopic (exact) mass is 250 g/mol. The van der Waals surface area contributed by atoms with Crippen molar-refractivity contribution in [3.8, 4) is 0 Å². The summed E-state index contributed by atoms with van der Waals surface area (Å²) < 4.78 is 5.49. The van der Waals surface area contributed by atoms with Gasteiger partial charge < -0.3 is 14.7 Å². The highest BCUT2D eigenvalue weighted by atomic mass is 16.5. The average Bonchev–Trinajstić information content (AvgIpc) is 2.40. The van der Waals surface area contributed by atoms with Gasteiger partial charge in [0.05, 0.1) is 12.7 Å².